The third-order valence-corrected chi connectivity index (χ3v) is 4.56. The van der Waals surface area contributed by atoms with E-state index in [-0.39, 0.29) is 11.1 Å². The van der Waals surface area contributed by atoms with Crippen LogP contribution in [-0.2, 0) is 20.8 Å². The van der Waals surface area contributed by atoms with Crippen LogP contribution in [0.15, 0.2) is 28.5 Å². The Kier molecular flexibility index (Phi) is 3.16. The van der Waals surface area contributed by atoms with E-state index in [2.05, 4.69) is 0 Å². The number of hydrogen-bond donors (Lipinski definition) is 1. The number of benzene rings is 1. The molecule has 0 saturated heterocycles. The van der Waals surface area contributed by atoms with Gasteiger partial charge in [0.2, 0.25) is 9.84 Å². The van der Waals surface area contributed by atoms with E-state index in [4.69, 9.17) is 5.11 Å². The quantitative estimate of drug-likeness (QED) is 0.911. The second-order valence-electron chi connectivity index (χ2n) is 4.39. The van der Waals surface area contributed by atoms with Crippen LogP contribution in [0.4, 0.5) is 13.2 Å². The molecule has 8 heteroatoms. The van der Waals surface area contributed by atoms with Crippen molar-refractivity contribution in [2.75, 3.05) is 0 Å². The fourth-order valence-electron chi connectivity index (χ4n) is 1.94. The summed E-state index contributed by atoms with van der Waals surface area (Å²) < 4.78 is 61.4. The maximum Gasteiger partial charge on any atom is 0.416 e. The zero-order chi connectivity index (χ0) is 15.3. The normalized spacial score (nSPS) is 18.3. The minimum Gasteiger partial charge on any atom is -0.481 e. The van der Waals surface area contributed by atoms with Crippen molar-refractivity contribution >= 4 is 21.4 Å². The van der Waals surface area contributed by atoms with E-state index in [1.807, 2.05) is 0 Å². The van der Waals surface area contributed by atoms with Crippen molar-refractivity contribution < 1.29 is 31.5 Å². The predicted octanol–water partition coefficient (Wildman–Crippen LogP) is 2.55. The average molecular weight is 306 g/mol. The second-order valence-corrected chi connectivity index (χ2v) is 6.15. The van der Waals surface area contributed by atoms with Gasteiger partial charge in [0.15, 0.2) is 0 Å². The second kappa shape index (κ2) is 4.34. The monoisotopic (exact) mass is 306 g/mol. The summed E-state index contributed by atoms with van der Waals surface area (Å²) in [6, 6.07) is 2.26. The third kappa shape index (κ3) is 2.31. The van der Waals surface area contributed by atoms with Gasteiger partial charge in [-0.3, -0.25) is 4.79 Å². The average Bonchev–Trinajstić information content (AvgIpc) is 2.59. The van der Waals surface area contributed by atoms with Gasteiger partial charge in [0.05, 0.1) is 16.4 Å². The van der Waals surface area contributed by atoms with Gasteiger partial charge in [0, 0.05) is 5.41 Å². The highest BCUT2D eigenvalue weighted by atomic mass is 32.2. The van der Waals surface area contributed by atoms with Crippen molar-refractivity contribution in [3.63, 3.8) is 0 Å². The fraction of sp³-hybridized carbons (Fsp3) is 0.250. The molecular weight excluding hydrogens is 297 g/mol. The SMILES string of the molecule is CC(C(=O)O)C1=CS(=O)(=O)c2cc(C(F)(F)F)ccc21. The smallest absolute Gasteiger partial charge is 0.416 e. The number of aliphatic carboxylic acids is 1. The van der Waals surface area contributed by atoms with Gasteiger partial charge in [0.25, 0.3) is 0 Å². The lowest BCUT2D eigenvalue weighted by Gasteiger charge is -2.11. The predicted molar refractivity (Wildman–Crippen MR) is 63.4 cm³/mol. The van der Waals surface area contributed by atoms with Gasteiger partial charge in [-0.1, -0.05) is 6.07 Å². The third-order valence-electron chi connectivity index (χ3n) is 3.05. The standard InChI is InChI=1S/C12H9F3O4S/c1-6(11(16)17)9-5-20(18,19)10-4-7(12(13,14)15)2-3-8(9)10/h2-6H,1H3,(H,16,17). The Hall–Kier alpha value is -1.83. The Labute approximate surface area is 112 Å². The molecule has 20 heavy (non-hydrogen) atoms. The van der Waals surface area contributed by atoms with E-state index < -0.39 is 38.4 Å². The minimum absolute atomic E-state index is 0.00731. The first-order chi connectivity index (χ1) is 9.04. The highest BCUT2D eigenvalue weighted by Gasteiger charge is 2.36. The van der Waals surface area contributed by atoms with Crippen LogP contribution < -0.4 is 0 Å². The van der Waals surface area contributed by atoms with Crippen molar-refractivity contribution in [3.8, 4) is 0 Å². The summed E-state index contributed by atoms with van der Waals surface area (Å²) in [6.45, 7) is 1.27. The van der Waals surface area contributed by atoms with Crippen molar-refractivity contribution in [1.29, 1.82) is 0 Å². The first-order valence-electron chi connectivity index (χ1n) is 5.45. The van der Waals surface area contributed by atoms with Gasteiger partial charge >= 0.3 is 12.1 Å². The van der Waals surface area contributed by atoms with E-state index in [1.54, 1.807) is 0 Å². The first kappa shape index (κ1) is 14.6. The minimum atomic E-state index is -4.66. The zero-order valence-electron chi connectivity index (χ0n) is 10.1. The Balaban J connectivity index is 2.63. The molecule has 1 heterocycles. The van der Waals surface area contributed by atoms with E-state index >= 15 is 0 Å². The number of alkyl halides is 3. The number of hydrogen-bond acceptors (Lipinski definition) is 3. The summed E-state index contributed by atoms with van der Waals surface area (Å²) in [6.07, 6.45) is -4.66. The molecule has 1 atom stereocenters. The Morgan fingerprint density at radius 3 is 2.40 bits per heavy atom. The summed E-state index contributed by atoms with van der Waals surface area (Å²) in [4.78, 5) is 10.4. The first-order valence-corrected chi connectivity index (χ1v) is 7.00. The van der Waals surface area contributed by atoms with E-state index in [9.17, 15) is 26.4 Å². The Morgan fingerprint density at radius 1 is 1.30 bits per heavy atom. The lowest BCUT2D eigenvalue weighted by molar-refractivity contribution is -0.139. The molecule has 4 nitrogen and oxygen atoms in total. The highest BCUT2D eigenvalue weighted by molar-refractivity contribution is 7.95. The maximum atomic E-state index is 12.6. The maximum absolute atomic E-state index is 12.6. The number of halogens is 3. The van der Waals surface area contributed by atoms with Crippen LogP contribution in [0.2, 0.25) is 0 Å². The van der Waals surface area contributed by atoms with Crippen molar-refractivity contribution in [2.24, 2.45) is 5.92 Å². The summed E-state index contributed by atoms with van der Waals surface area (Å²) in [5.41, 5.74) is -1.09. The molecule has 2 rings (SSSR count). The lowest BCUT2D eigenvalue weighted by atomic mass is 9.95. The number of fused-ring (bicyclic) bond motifs is 1. The number of carboxylic acids is 1. The molecule has 0 amide bonds. The number of carboxylic acid groups (broad SMARTS) is 1. The molecule has 0 aliphatic carbocycles. The summed E-state index contributed by atoms with van der Waals surface area (Å²) in [5, 5.41) is 9.63. The van der Waals surface area contributed by atoms with Gasteiger partial charge in [-0.25, -0.2) is 8.42 Å². The van der Waals surface area contributed by atoms with Gasteiger partial charge in [0.1, 0.15) is 0 Å². The molecule has 0 aromatic heterocycles. The number of sulfone groups is 1. The number of rotatable bonds is 2. The van der Waals surface area contributed by atoms with Crippen molar-refractivity contribution in [1.82, 2.24) is 0 Å². The lowest BCUT2D eigenvalue weighted by Crippen LogP contribution is -2.11. The molecule has 1 aliphatic heterocycles. The van der Waals surface area contributed by atoms with Crippen LogP contribution in [0.5, 0.6) is 0 Å². The molecule has 1 N–H and O–H groups in total. The molecule has 1 unspecified atom stereocenters. The van der Waals surface area contributed by atoms with Crippen LogP contribution in [0.25, 0.3) is 5.57 Å². The van der Waals surface area contributed by atoms with Crippen LogP contribution in [0, 0.1) is 5.92 Å². The van der Waals surface area contributed by atoms with Gasteiger partial charge in [-0.15, -0.1) is 0 Å². The zero-order valence-corrected chi connectivity index (χ0v) is 10.9. The van der Waals surface area contributed by atoms with E-state index in [0.717, 1.165) is 17.5 Å². The van der Waals surface area contributed by atoms with Gasteiger partial charge < -0.3 is 5.11 Å². The summed E-state index contributed by atoms with van der Waals surface area (Å²) in [7, 11) is -4.04. The van der Waals surface area contributed by atoms with Crippen molar-refractivity contribution in [3.05, 3.63) is 34.7 Å². The molecule has 0 saturated carbocycles. The van der Waals surface area contributed by atoms with Crippen LogP contribution in [0.3, 0.4) is 0 Å². The fourth-order valence-corrected chi connectivity index (χ4v) is 3.51. The van der Waals surface area contributed by atoms with E-state index in [1.165, 1.54) is 6.92 Å². The molecule has 0 spiro atoms. The molecule has 0 bridgehead atoms. The molecular formula is C12H9F3O4S. The molecule has 0 fully saturated rings. The van der Waals surface area contributed by atoms with Crippen LogP contribution in [-0.4, -0.2) is 19.5 Å². The van der Waals surface area contributed by atoms with Gasteiger partial charge in [-0.2, -0.15) is 13.2 Å². The van der Waals surface area contributed by atoms with Gasteiger partial charge in [-0.05, 0) is 30.2 Å². The Bertz CT molecular complexity index is 717. The molecule has 108 valence electrons. The summed E-state index contributed by atoms with van der Waals surface area (Å²) in [5.74, 6) is -2.37. The molecule has 0 radical (unpaired) electrons. The number of carbonyl (C=O) groups is 1. The molecule has 1 aliphatic rings. The van der Waals surface area contributed by atoms with Crippen LogP contribution in [0.1, 0.15) is 18.1 Å². The van der Waals surface area contributed by atoms with Crippen LogP contribution >= 0.6 is 0 Å². The van der Waals surface area contributed by atoms with Crippen molar-refractivity contribution in [2.45, 2.75) is 18.0 Å². The largest absolute Gasteiger partial charge is 0.481 e. The van der Waals surface area contributed by atoms with E-state index in [0.29, 0.717) is 6.07 Å². The topological polar surface area (TPSA) is 71.4 Å². The molecule has 1 aromatic rings. The molecule has 1 aromatic carbocycles. The summed E-state index contributed by atoms with van der Waals surface area (Å²) >= 11 is 0. The Morgan fingerprint density at radius 2 is 1.90 bits per heavy atom. The highest BCUT2D eigenvalue weighted by Crippen LogP contribution is 2.40.